The molecule has 2 rings (SSSR count). The number of amides is 2. The van der Waals surface area contributed by atoms with Crippen LogP contribution in [0.25, 0.3) is 0 Å². The number of hydrogen-bond donors (Lipinski definition) is 1. The Morgan fingerprint density at radius 2 is 2.19 bits per heavy atom. The lowest BCUT2D eigenvalue weighted by molar-refractivity contribution is -0.145. The Balaban J connectivity index is 2.04. The maximum Gasteiger partial charge on any atom is 0.313 e. The van der Waals surface area contributed by atoms with Crippen molar-refractivity contribution < 1.29 is 14.0 Å². The van der Waals surface area contributed by atoms with Gasteiger partial charge in [-0.15, -0.1) is 0 Å². The van der Waals surface area contributed by atoms with Crippen molar-refractivity contribution in [2.24, 2.45) is 0 Å². The summed E-state index contributed by atoms with van der Waals surface area (Å²) in [5.41, 5.74) is 0.310. The van der Waals surface area contributed by atoms with Gasteiger partial charge in [0.15, 0.2) is 0 Å². The van der Waals surface area contributed by atoms with E-state index < -0.39 is 17.6 Å². The standard InChI is InChI=1S/C15H18ClFN2O2/c1-2-11-5-3-4-8-19(11)15(21)14(20)18-10-6-7-13(17)12(16)9-10/h6-7,9,11H,2-5,8H2,1H3,(H,18,20). The second-order valence-corrected chi connectivity index (χ2v) is 5.55. The summed E-state index contributed by atoms with van der Waals surface area (Å²) >= 11 is 5.65. The van der Waals surface area contributed by atoms with Crippen LogP contribution in [0, 0.1) is 5.82 Å². The Labute approximate surface area is 128 Å². The number of anilines is 1. The van der Waals surface area contributed by atoms with Gasteiger partial charge in [-0.1, -0.05) is 18.5 Å². The molecule has 0 radical (unpaired) electrons. The minimum absolute atomic E-state index is 0.0929. The largest absolute Gasteiger partial charge is 0.331 e. The molecular formula is C15H18ClFN2O2. The fourth-order valence-electron chi connectivity index (χ4n) is 2.58. The lowest BCUT2D eigenvalue weighted by Crippen LogP contribution is -2.48. The van der Waals surface area contributed by atoms with Crippen molar-refractivity contribution in [2.75, 3.05) is 11.9 Å². The molecule has 1 aliphatic rings. The third-order valence-corrected chi connectivity index (χ3v) is 4.02. The molecule has 0 bridgehead atoms. The van der Waals surface area contributed by atoms with Gasteiger partial charge in [-0.2, -0.15) is 0 Å². The van der Waals surface area contributed by atoms with Crippen LogP contribution in [0.15, 0.2) is 18.2 Å². The van der Waals surface area contributed by atoms with E-state index in [9.17, 15) is 14.0 Å². The van der Waals surface area contributed by atoms with Crippen LogP contribution in [0.3, 0.4) is 0 Å². The van der Waals surface area contributed by atoms with E-state index in [0.717, 1.165) is 31.7 Å². The number of carbonyl (C=O) groups excluding carboxylic acids is 2. The summed E-state index contributed by atoms with van der Waals surface area (Å²) < 4.78 is 13.1. The molecule has 1 aromatic carbocycles. The third-order valence-electron chi connectivity index (χ3n) is 3.73. The predicted octanol–water partition coefficient (Wildman–Crippen LogP) is 3.21. The third kappa shape index (κ3) is 3.73. The van der Waals surface area contributed by atoms with Crippen molar-refractivity contribution >= 4 is 29.1 Å². The SMILES string of the molecule is CCC1CCCCN1C(=O)C(=O)Nc1ccc(F)c(Cl)c1. The first-order valence-electron chi connectivity index (χ1n) is 7.10. The van der Waals surface area contributed by atoms with E-state index >= 15 is 0 Å². The van der Waals surface area contributed by atoms with E-state index in [1.54, 1.807) is 4.90 Å². The van der Waals surface area contributed by atoms with Gasteiger partial charge in [0.05, 0.1) is 5.02 Å². The molecule has 1 unspecified atom stereocenters. The van der Waals surface area contributed by atoms with Crippen molar-refractivity contribution in [3.63, 3.8) is 0 Å². The Bertz CT molecular complexity index is 550. The van der Waals surface area contributed by atoms with Gasteiger partial charge in [-0.05, 0) is 43.9 Å². The van der Waals surface area contributed by atoms with Gasteiger partial charge < -0.3 is 10.2 Å². The van der Waals surface area contributed by atoms with Crippen molar-refractivity contribution in [3.05, 3.63) is 29.0 Å². The Hall–Kier alpha value is -1.62. The fraction of sp³-hybridized carbons (Fsp3) is 0.467. The van der Waals surface area contributed by atoms with Gasteiger partial charge in [0.1, 0.15) is 5.82 Å². The fourth-order valence-corrected chi connectivity index (χ4v) is 2.76. The van der Waals surface area contributed by atoms with Gasteiger partial charge in [-0.3, -0.25) is 9.59 Å². The molecule has 1 aliphatic heterocycles. The van der Waals surface area contributed by atoms with Crippen LogP contribution in [-0.2, 0) is 9.59 Å². The van der Waals surface area contributed by atoms with Crippen LogP contribution in [-0.4, -0.2) is 29.3 Å². The van der Waals surface area contributed by atoms with Gasteiger partial charge in [0.2, 0.25) is 0 Å². The summed E-state index contributed by atoms with van der Waals surface area (Å²) in [7, 11) is 0. The molecule has 1 N–H and O–H groups in total. The van der Waals surface area contributed by atoms with E-state index in [1.807, 2.05) is 6.92 Å². The molecule has 2 amide bonds. The Kier molecular flexibility index (Phi) is 5.17. The van der Waals surface area contributed by atoms with E-state index in [2.05, 4.69) is 5.32 Å². The minimum atomic E-state index is -0.710. The summed E-state index contributed by atoms with van der Waals surface area (Å²) in [6.07, 6.45) is 3.76. The monoisotopic (exact) mass is 312 g/mol. The first-order valence-corrected chi connectivity index (χ1v) is 7.47. The number of piperidine rings is 1. The van der Waals surface area contributed by atoms with E-state index in [1.165, 1.54) is 12.1 Å². The van der Waals surface area contributed by atoms with Crippen LogP contribution in [0.5, 0.6) is 0 Å². The van der Waals surface area contributed by atoms with E-state index in [0.29, 0.717) is 12.2 Å². The zero-order chi connectivity index (χ0) is 15.4. The molecule has 114 valence electrons. The van der Waals surface area contributed by atoms with Crippen molar-refractivity contribution in [1.82, 2.24) is 4.90 Å². The van der Waals surface area contributed by atoms with E-state index in [-0.39, 0.29) is 11.1 Å². The Morgan fingerprint density at radius 1 is 1.43 bits per heavy atom. The summed E-state index contributed by atoms with van der Waals surface area (Å²) in [5, 5.41) is 2.38. The lowest BCUT2D eigenvalue weighted by atomic mass is 10.00. The zero-order valence-corrected chi connectivity index (χ0v) is 12.6. The number of benzene rings is 1. The first kappa shape index (κ1) is 15.8. The number of likely N-dealkylation sites (tertiary alicyclic amines) is 1. The molecule has 4 nitrogen and oxygen atoms in total. The molecule has 0 aliphatic carbocycles. The summed E-state index contributed by atoms with van der Waals surface area (Å²) in [6.45, 7) is 2.61. The number of carbonyl (C=O) groups is 2. The molecule has 1 heterocycles. The molecule has 1 fully saturated rings. The van der Waals surface area contributed by atoms with Crippen molar-refractivity contribution in [2.45, 2.75) is 38.6 Å². The number of nitrogens with one attached hydrogen (secondary N) is 1. The van der Waals surface area contributed by atoms with Gasteiger partial charge >= 0.3 is 11.8 Å². The Morgan fingerprint density at radius 3 is 2.86 bits per heavy atom. The summed E-state index contributed by atoms with van der Waals surface area (Å²) in [5.74, 6) is -1.82. The van der Waals surface area contributed by atoms with Crippen molar-refractivity contribution in [3.8, 4) is 0 Å². The second kappa shape index (κ2) is 6.89. The van der Waals surface area contributed by atoms with Crippen LogP contribution >= 0.6 is 11.6 Å². The average molecular weight is 313 g/mol. The number of hydrogen-bond acceptors (Lipinski definition) is 2. The summed E-state index contributed by atoms with van der Waals surface area (Å²) in [4.78, 5) is 25.9. The second-order valence-electron chi connectivity index (χ2n) is 5.14. The average Bonchev–Trinajstić information content (AvgIpc) is 2.50. The maximum atomic E-state index is 13.1. The molecule has 0 aromatic heterocycles. The molecule has 21 heavy (non-hydrogen) atoms. The van der Waals surface area contributed by atoms with Crippen molar-refractivity contribution in [1.29, 1.82) is 0 Å². The maximum absolute atomic E-state index is 13.1. The highest BCUT2D eigenvalue weighted by atomic mass is 35.5. The molecular weight excluding hydrogens is 295 g/mol. The molecule has 6 heteroatoms. The quantitative estimate of drug-likeness (QED) is 0.853. The smallest absolute Gasteiger partial charge is 0.313 e. The summed E-state index contributed by atoms with van der Waals surface area (Å²) in [6, 6.07) is 3.93. The highest BCUT2D eigenvalue weighted by molar-refractivity contribution is 6.39. The molecule has 1 atom stereocenters. The minimum Gasteiger partial charge on any atom is -0.331 e. The van der Waals surface area contributed by atoms with Crippen LogP contribution < -0.4 is 5.32 Å². The number of nitrogens with zero attached hydrogens (tertiary/aromatic N) is 1. The first-order chi connectivity index (χ1) is 10.0. The van der Waals surface area contributed by atoms with E-state index in [4.69, 9.17) is 11.6 Å². The van der Waals surface area contributed by atoms with Gasteiger partial charge in [-0.25, -0.2) is 4.39 Å². The van der Waals surface area contributed by atoms with Gasteiger partial charge in [0, 0.05) is 18.3 Å². The van der Waals surface area contributed by atoms with Crippen LogP contribution in [0.2, 0.25) is 5.02 Å². The molecule has 0 saturated carbocycles. The molecule has 0 spiro atoms. The topological polar surface area (TPSA) is 49.4 Å². The molecule has 1 aromatic rings. The van der Waals surface area contributed by atoms with Crippen LogP contribution in [0.1, 0.15) is 32.6 Å². The van der Waals surface area contributed by atoms with Crippen LogP contribution in [0.4, 0.5) is 10.1 Å². The van der Waals surface area contributed by atoms with Gasteiger partial charge in [0.25, 0.3) is 0 Å². The molecule has 1 saturated heterocycles. The lowest BCUT2D eigenvalue weighted by Gasteiger charge is -2.34. The zero-order valence-electron chi connectivity index (χ0n) is 11.9. The highest BCUT2D eigenvalue weighted by Gasteiger charge is 2.29. The highest BCUT2D eigenvalue weighted by Crippen LogP contribution is 2.21. The predicted molar refractivity (Wildman–Crippen MR) is 79.7 cm³/mol. The number of halogens is 2. The number of rotatable bonds is 2. The normalized spacial score (nSPS) is 18.4.